The summed E-state index contributed by atoms with van der Waals surface area (Å²) in [5, 5.41) is 1.67. The SMILES string of the molecule is Clc1ccc(-c2ccc(CBr)cc2)cc1. The van der Waals surface area contributed by atoms with Crippen LogP contribution in [-0.4, -0.2) is 0 Å². The molecule has 2 aromatic rings. The second-order valence-electron chi connectivity index (χ2n) is 3.34. The highest BCUT2D eigenvalue weighted by Gasteiger charge is 1.97. The van der Waals surface area contributed by atoms with Gasteiger partial charge in [0.2, 0.25) is 0 Å². The highest BCUT2D eigenvalue weighted by Crippen LogP contribution is 2.22. The quantitative estimate of drug-likeness (QED) is 0.687. The topological polar surface area (TPSA) is 0 Å². The third-order valence-corrected chi connectivity index (χ3v) is 3.19. The molecule has 0 heterocycles. The maximum absolute atomic E-state index is 5.84. The van der Waals surface area contributed by atoms with Crippen molar-refractivity contribution in [2.45, 2.75) is 5.33 Å². The Labute approximate surface area is 103 Å². The fourth-order valence-electron chi connectivity index (χ4n) is 1.43. The molecular weight excluding hydrogens is 272 g/mol. The molecule has 2 aromatic carbocycles. The van der Waals surface area contributed by atoms with Gasteiger partial charge >= 0.3 is 0 Å². The van der Waals surface area contributed by atoms with E-state index in [1.54, 1.807) is 0 Å². The maximum Gasteiger partial charge on any atom is 0.0406 e. The van der Waals surface area contributed by atoms with Crippen molar-refractivity contribution in [3.63, 3.8) is 0 Å². The molecule has 0 unspecified atom stereocenters. The highest BCUT2D eigenvalue weighted by molar-refractivity contribution is 9.08. The number of hydrogen-bond donors (Lipinski definition) is 0. The molecule has 0 saturated carbocycles. The fourth-order valence-corrected chi connectivity index (χ4v) is 1.93. The summed E-state index contributed by atoms with van der Waals surface area (Å²) < 4.78 is 0. The Bertz CT molecular complexity index is 431. The first-order chi connectivity index (χ1) is 7.29. The molecule has 0 N–H and O–H groups in total. The number of alkyl halides is 1. The molecule has 0 atom stereocenters. The summed E-state index contributed by atoms with van der Waals surface area (Å²) in [5.41, 5.74) is 3.70. The van der Waals surface area contributed by atoms with Crippen molar-refractivity contribution in [3.8, 4) is 11.1 Å². The minimum atomic E-state index is 0.774. The summed E-state index contributed by atoms with van der Waals surface area (Å²) in [6.45, 7) is 0. The van der Waals surface area contributed by atoms with E-state index in [9.17, 15) is 0 Å². The molecule has 0 aliphatic carbocycles. The van der Waals surface area contributed by atoms with Gasteiger partial charge in [-0.25, -0.2) is 0 Å². The first-order valence-electron chi connectivity index (χ1n) is 4.70. The van der Waals surface area contributed by atoms with Crippen LogP contribution in [0.25, 0.3) is 11.1 Å². The van der Waals surface area contributed by atoms with Crippen LogP contribution in [0.5, 0.6) is 0 Å². The number of benzene rings is 2. The van der Waals surface area contributed by atoms with Crippen LogP contribution in [0.4, 0.5) is 0 Å². The van der Waals surface area contributed by atoms with Crippen LogP contribution in [0.2, 0.25) is 5.02 Å². The molecule has 0 spiro atoms. The van der Waals surface area contributed by atoms with Crippen LogP contribution in [0, 0.1) is 0 Å². The van der Waals surface area contributed by atoms with Crippen molar-refractivity contribution in [1.82, 2.24) is 0 Å². The van der Waals surface area contributed by atoms with Crippen LogP contribution in [0.15, 0.2) is 48.5 Å². The van der Waals surface area contributed by atoms with E-state index in [4.69, 9.17) is 11.6 Å². The van der Waals surface area contributed by atoms with Gasteiger partial charge in [0.25, 0.3) is 0 Å². The van der Waals surface area contributed by atoms with Crippen LogP contribution in [0.1, 0.15) is 5.56 Å². The van der Waals surface area contributed by atoms with E-state index in [1.807, 2.05) is 24.3 Å². The molecule has 15 heavy (non-hydrogen) atoms. The van der Waals surface area contributed by atoms with E-state index >= 15 is 0 Å². The minimum absolute atomic E-state index is 0.774. The Kier molecular flexibility index (Phi) is 3.45. The highest BCUT2D eigenvalue weighted by atomic mass is 79.9. The second-order valence-corrected chi connectivity index (χ2v) is 4.33. The van der Waals surface area contributed by atoms with Gasteiger partial charge in [0.15, 0.2) is 0 Å². The van der Waals surface area contributed by atoms with E-state index in [0.29, 0.717) is 0 Å². The lowest BCUT2D eigenvalue weighted by Crippen LogP contribution is -1.79. The number of rotatable bonds is 2. The predicted octanol–water partition coefficient (Wildman–Crippen LogP) is 4.90. The van der Waals surface area contributed by atoms with E-state index in [1.165, 1.54) is 16.7 Å². The van der Waals surface area contributed by atoms with Crippen LogP contribution >= 0.6 is 27.5 Å². The van der Waals surface area contributed by atoms with Crippen molar-refractivity contribution in [2.24, 2.45) is 0 Å². The van der Waals surface area contributed by atoms with Crippen LogP contribution in [0.3, 0.4) is 0 Å². The Balaban J connectivity index is 2.33. The smallest absolute Gasteiger partial charge is 0.0406 e. The lowest BCUT2D eigenvalue weighted by molar-refractivity contribution is 1.44. The van der Waals surface area contributed by atoms with Gasteiger partial charge in [0.1, 0.15) is 0 Å². The van der Waals surface area contributed by atoms with E-state index in [0.717, 1.165) is 10.4 Å². The lowest BCUT2D eigenvalue weighted by atomic mass is 10.0. The predicted molar refractivity (Wildman–Crippen MR) is 69.5 cm³/mol. The Morgan fingerprint density at radius 3 is 1.73 bits per heavy atom. The van der Waals surface area contributed by atoms with Gasteiger partial charge in [-0.3, -0.25) is 0 Å². The number of hydrogen-bond acceptors (Lipinski definition) is 0. The van der Waals surface area contributed by atoms with Crippen molar-refractivity contribution >= 4 is 27.5 Å². The summed E-state index contributed by atoms with van der Waals surface area (Å²) >= 11 is 9.27. The average molecular weight is 282 g/mol. The summed E-state index contributed by atoms with van der Waals surface area (Å²) in [5.74, 6) is 0. The maximum atomic E-state index is 5.84. The van der Waals surface area contributed by atoms with E-state index in [-0.39, 0.29) is 0 Å². The van der Waals surface area contributed by atoms with Gasteiger partial charge in [-0.15, -0.1) is 0 Å². The van der Waals surface area contributed by atoms with E-state index in [2.05, 4.69) is 40.2 Å². The molecule has 0 bridgehead atoms. The monoisotopic (exact) mass is 280 g/mol. The van der Waals surface area contributed by atoms with Crippen molar-refractivity contribution in [1.29, 1.82) is 0 Å². The molecule has 2 rings (SSSR count). The molecule has 76 valence electrons. The summed E-state index contributed by atoms with van der Waals surface area (Å²) in [4.78, 5) is 0. The van der Waals surface area contributed by atoms with Crippen LogP contribution in [-0.2, 0) is 5.33 Å². The van der Waals surface area contributed by atoms with Gasteiger partial charge < -0.3 is 0 Å². The normalized spacial score (nSPS) is 10.3. The molecule has 0 nitrogen and oxygen atoms in total. The first-order valence-corrected chi connectivity index (χ1v) is 6.20. The van der Waals surface area contributed by atoms with Crippen molar-refractivity contribution < 1.29 is 0 Å². The Morgan fingerprint density at radius 1 is 0.800 bits per heavy atom. The minimum Gasteiger partial charge on any atom is -0.0876 e. The molecule has 0 aliphatic heterocycles. The largest absolute Gasteiger partial charge is 0.0876 e. The Hall–Kier alpha value is -0.790. The summed E-state index contributed by atoms with van der Waals surface area (Å²) in [7, 11) is 0. The van der Waals surface area contributed by atoms with Crippen LogP contribution < -0.4 is 0 Å². The molecule has 0 amide bonds. The zero-order valence-corrected chi connectivity index (χ0v) is 10.4. The van der Waals surface area contributed by atoms with Gasteiger partial charge in [-0.2, -0.15) is 0 Å². The molecule has 2 heteroatoms. The number of halogens is 2. The van der Waals surface area contributed by atoms with Crippen molar-refractivity contribution in [3.05, 3.63) is 59.1 Å². The van der Waals surface area contributed by atoms with Gasteiger partial charge in [0, 0.05) is 10.4 Å². The van der Waals surface area contributed by atoms with Gasteiger partial charge in [0.05, 0.1) is 0 Å². The van der Waals surface area contributed by atoms with Gasteiger partial charge in [-0.1, -0.05) is 63.9 Å². The molecular formula is C13H10BrCl. The van der Waals surface area contributed by atoms with Crippen molar-refractivity contribution in [2.75, 3.05) is 0 Å². The third-order valence-electron chi connectivity index (χ3n) is 2.29. The first kappa shape index (κ1) is 10.7. The molecule has 0 fully saturated rings. The standard InChI is InChI=1S/C13H10BrCl/c14-9-10-1-3-11(4-2-10)12-5-7-13(15)8-6-12/h1-8H,9H2. The molecule has 0 aliphatic rings. The summed E-state index contributed by atoms with van der Waals surface area (Å²) in [6.07, 6.45) is 0. The molecule has 0 saturated heterocycles. The lowest BCUT2D eigenvalue weighted by Gasteiger charge is -2.02. The van der Waals surface area contributed by atoms with Gasteiger partial charge in [-0.05, 0) is 28.8 Å². The zero-order chi connectivity index (χ0) is 10.7. The fraction of sp³-hybridized carbons (Fsp3) is 0.0769. The average Bonchev–Trinajstić information content (AvgIpc) is 2.30. The zero-order valence-electron chi connectivity index (χ0n) is 8.08. The van der Waals surface area contributed by atoms with E-state index < -0.39 is 0 Å². The molecule has 0 radical (unpaired) electrons. The molecule has 0 aromatic heterocycles. The third kappa shape index (κ3) is 2.61. The summed E-state index contributed by atoms with van der Waals surface area (Å²) in [6, 6.07) is 16.4. The Morgan fingerprint density at radius 2 is 1.27 bits per heavy atom. The second kappa shape index (κ2) is 4.82.